The second-order valence-corrected chi connectivity index (χ2v) is 1.97. The van der Waals surface area contributed by atoms with Crippen molar-refractivity contribution < 1.29 is 9.84 Å². The smallest absolute Gasteiger partial charge is 0.234 e. The van der Waals surface area contributed by atoms with Gasteiger partial charge in [-0.2, -0.15) is 10.4 Å². The van der Waals surface area contributed by atoms with E-state index in [-0.39, 0.29) is 19.1 Å². The van der Waals surface area contributed by atoms with Gasteiger partial charge in [0.1, 0.15) is 12.7 Å². The zero-order valence-corrected chi connectivity index (χ0v) is 6.27. The number of ether oxygens (including phenoxy) is 1. The number of aromatic nitrogens is 2. The molecule has 0 saturated heterocycles. The Kier molecular flexibility index (Phi) is 2.99. The summed E-state index contributed by atoms with van der Waals surface area (Å²) in [5, 5.41) is 24.0. The van der Waals surface area contributed by atoms with E-state index in [1.165, 1.54) is 12.3 Å². The summed E-state index contributed by atoms with van der Waals surface area (Å²) < 4.78 is 4.92. The molecule has 0 bridgehead atoms. The highest BCUT2D eigenvalue weighted by atomic mass is 16.5. The fourth-order valence-electron chi connectivity index (χ4n) is 0.629. The maximum atomic E-state index is 8.46. The van der Waals surface area contributed by atoms with Gasteiger partial charge >= 0.3 is 0 Å². The van der Waals surface area contributed by atoms with E-state index in [0.717, 1.165) is 0 Å². The number of aliphatic hydroxyl groups is 1. The van der Waals surface area contributed by atoms with E-state index in [9.17, 15) is 0 Å². The Balaban J connectivity index is 2.68. The van der Waals surface area contributed by atoms with Crippen LogP contribution in [0.1, 0.15) is 5.56 Å². The number of rotatable bonds is 3. The van der Waals surface area contributed by atoms with E-state index in [1.807, 2.05) is 6.07 Å². The Bertz CT molecular complexity index is 295. The number of hydrogen-bond donors (Lipinski definition) is 1. The van der Waals surface area contributed by atoms with Crippen LogP contribution in [0.2, 0.25) is 0 Å². The summed E-state index contributed by atoms with van der Waals surface area (Å²) in [6, 6.07) is 3.36. The molecule has 0 spiro atoms. The van der Waals surface area contributed by atoms with Crippen LogP contribution in [0.25, 0.3) is 0 Å². The summed E-state index contributed by atoms with van der Waals surface area (Å²) in [4.78, 5) is 0. The van der Waals surface area contributed by atoms with Crippen LogP contribution >= 0.6 is 0 Å². The average Bonchev–Trinajstić information content (AvgIpc) is 2.15. The highest BCUT2D eigenvalue weighted by Gasteiger charge is 1.97. The van der Waals surface area contributed by atoms with E-state index in [0.29, 0.717) is 5.56 Å². The number of hydrogen-bond acceptors (Lipinski definition) is 5. The zero-order valence-electron chi connectivity index (χ0n) is 6.27. The van der Waals surface area contributed by atoms with Gasteiger partial charge in [-0.3, -0.25) is 0 Å². The monoisotopic (exact) mass is 165 g/mol. The lowest BCUT2D eigenvalue weighted by atomic mass is 10.3. The average molecular weight is 165 g/mol. The van der Waals surface area contributed by atoms with Gasteiger partial charge in [0.05, 0.1) is 18.4 Å². The van der Waals surface area contributed by atoms with Crippen molar-refractivity contribution in [2.45, 2.75) is 0 Å². The standard InChI is InChI=1S/C7H7N3O2/c8-4-6-3-7(10-9-5-6)12-2-1-11/h3,5,11H,1-2H2. The molecule has 5 nitrogen and oxygen atoms in total. The van der Waals surface area contributed by atoms with E-state index < -0.39 is 0 Å². The summed E-state index contributed by atoms with van der Waals surface area (Å²) in [5.74, 6) is 0.253. The molecule has 1 rings (SSSR count). The Morgan fingerprint density at radius 2 is 2.50 bits per heavy atom. The number of aliphatic hydroxyl groups excluding tert-OH is 1. The van der Waals surface area contributed by atoms with Gasteiger partial charge in [-0.1, -0.05) is 0 Å². The fourth-order valence-corrected chi connectivity index (χ4v) is 0.629. The first kappa shape index (κ1) is 8.43. The largest absolute Gasteiger partial charge is 0.474 e. The summed E-state index contributed by atoms with van der Waals surface area (Å²) in [6.07, 6.45) is 1.34. The SMILES string of the molecule is N#Cc1cnnc(OCCO)c1. The first-order valence-electron chi connectivity index (χ1n) is 3.33. The first-order chi connectivity index (χ1) is 5.86. The van der Waals surface area contributed by atoms with Crippen molar-refractivity contribution in [3.63, 3.8) is 0 Å². The second kappa shape index (κ2) is 4.26. The van der Waals surface area contributed by atoms with Gasteiger partial charge in [0, 0.05) is 6.07 Å². The summed E-state index contributed by atoms with van der Waals surface area (Å²) >= 11 is 0. The number of nitrogens with zero attached hydrogens (tertiary/aromatic N) is 3. The summed E-state index contributed by atoms with van der Waals surface area (Å²) in [6.45, 7) is 0.0715. The third-order valence-corrected chi connectivity index (χ3v) is 1.10. The summed E-state index contributed by atoms with van der Waals surface area (Å²) in [7, 11) is 0. The van der Waals surface area contributed by atoms with Gasteiger partial charge < -0.3 is 9.84 Å². The number of nitriles is 1. The Labute approximate surface area is 69.2 Å². The molecule has 0 aliphatic heterocycles. The van der Waals surface area contributed by atoms with Gasteiger partial charge in [-0.25, -0.2) is 0 Å². The summed E-state index contributed by atoms with van der Waals surface area (Å²) in [5.41, 5.74) is 0.387. The molecule has 12 heavy (non-hydrogen) atoms. The molecule has 1 N–H and O–H groups in total. The molecule has 1 aromatic rings. The lowest BCUT2D eigenvalue weighted by molar-refractivity contribution is 0.195. The van der Waals surface area contributed by atoms with Crippen molar-refractivity contribution in [1.82, 2.24) is 10.2 Å². The minimum Gasteiger partial charge on any atom is -0.474 e. The molecule has 0 saturated carbocycles. The Hall–Kier alpha value is -1.67. The van der Waals surface area contributed by atoms with Gasteiger partial charge in [0.2, 0.25) is 5.88 Å². The van der Waals surface area contributed by atoms with Crippen molar-refractivity contribution in [2.75, 3.05) is 13.2 Å². The molecule has 0 unspecified atom stereocenters. The van der Waals surface area contributed by atoms with Crippen LogP contribution in [-0.4, -0.2) is 28.5 Å². The van der Waals surface area contributed by atoms with Crippen molar-refractivity contribution in [1.29, 1.82) is 5.26 Å². The molecule has 0 aliphatic rings. The molecule has 0 amide bonds. The molecule has 0 atom stereocenters. The lowest BCUT2D eigenvalue weighted by Crippen LogP contribution is -2.03. The van der Waals surface area contributed by atoms with Gasteiger partial charge in [-0.05, 0) is 0 Å². The van der Waals surface area contributed by atoms with Crippen LogP contribution in [-0.2, 0) is 0 Å². The fraction of sp³-hybridized carbons (Fsp3) is 0.286. The maximum Gasteiger partial charge on any atom is 0.234 e. The van der Waals surface area contributed by atoms with Gasteiger partial charge in [-0.15, -0.1) is 5.10 Å². The van der Waals surface area contributed by atoms with Crippen molar-refractivity contribution in [3.8, 4) is 11.9 Å². The van der Waals surface area contributed by atoms with Crippen molar-refractivity contribution in [2.24, 2.45) is 0 Å². The highest BCUT2D eigenvalue weighted by molar-refractivity contribution is 5.28. The quantitative estimate of drug-likeness (QED) is 0.666. The molecule has 0 aliphatic carbocycles. The first-order valence-corrected chi connectivity index (χ1v) is 3.33. The third-order valence-electron chi connectivity index (χ3n) is 1.10. The van der Waals surface area contributed by atoms with E-state index in [1.54, 1.807) is 0 Å². The Morgan fingerprint density at radius 3 is 3.17 bits per heavy atom. The maximum absolute atomic E-state index is 8.46. The molecule has 0 radical (unpaired) electrons. The molecule has 5 heteroatoms. The van der Waals surface area contributed by atoms with Crippen molar-refractivity contribution >= 4 is 0 Å². The second-order valence-electron chi connectivity index (χ2n) is 1.97. The van der Waals surface area contributed by atoms with Crippen LogP contribution in [0.5, 0.6) is 5.88 Å². The lowest BCUT2D eigenvalue weighted by Gasteiger charge is -2.00. The van der Waals surface area contributed by atoms with Crippen LogP contribution in [0.3, 0.4) is 0 Å². The van der Waals surface area contributed by atoms with Gasteiger partial charge in [0.25, 0.3) is 0 Å². The van der Waals surface area contributed by atoms with Crippen molar-refractivity contribution in [3.05, 3.63) is 17.8 Å². The van der Waals surface area contributed by atoms with E-state index in [2.05, 4.69) is 10.2 Å². The molecule has 0 aromatic carbocycles. The molecule has 1 aromatic heterocycles. The van der Waals surface area contributed by atoms with Crippen LogP contribution < -0.4 is 4.74 Å². The van der Waals surface area contributed by atoms with Gasteiger partial charge in [0.15, 0.2) is 0 Å². The predicted molar refractivity (Wildman–Crippen MR) is 39.3 cm³/mol. The van der Waals surface area contributed by atoms with E-state index >= 15 is 0 Å². The Morgan fingerprint density at radius 1 is 1.67 bits per heavy atom. The molecule has 1 heterocycles. The predicted octanol–water partition coefficient (Wildman–Crippen LogP) is -0.281. The molecule has 0 fully saturated rings. The van der Waals surface area contributed by atoms with Crippen LogP contribution in [0, 0.1) is 11.3 Å². The van der Waals surface area contributed by atoms with Crippen LogP contribution in [0.15, 0.2) is 12.3 Å². The highest BCUT2D eigenvalue weighted by Crippen LogP contribution is 2.05. The van der Waals surface area contributed by atoms with Crippen LogP contribution in [0.4, 0.5) is 0 Å². The van der Waals surface area contributed by atoms with E-state index in [4.69, 9.17) is 15.1 Å². The topological polar surface area (TPSA) is 79.0 Å². The normalized spacial score (nSPS) is 9.00. The molecular formula is C7H7N3O2. The molecular weight excluding hydrogens is 158 g/mol. The zero-order chi connectivity index (χ0) is 8.81. The minimum atomic E-state index is -0.0849. The minimum absolute atomic E-state index is 0.0849. The molecule has 62 valence electrons. The third kappa shape index (κ3) is 2.18.